The average Bonchev–Trinajstić information content (AvgIpc) is 3.22. The number of hydrogen-bond donors (Lipinski definition) is 0. The van der Waals surface area contributed by atoms with Gasteiger partial charge in [0.1, 0.15) is 0 Å². The molecule has 2 aromatic rings. The predicted molar refractivity (Wildman–Crippen MR) is 108 cm³/mol. The fraction of sp³-hybridized carbons (Fsp3) is 0.333. The molecule has 3 rings (SSSR count). The van der Waals surface area contributed by atoms with Crippen LogP contribution in [0.3, 0.4) is 0 Å². The number of thioether (sulfide) groups is 1. The lowest BCUT2D eigenvalue weighted by Crippen LogP contribution is -2.38. The van der Waals surface area contributed by atoms with Gasteiger partial charge in [-0.25, -0.2) is 4.79 Å². The highest BCUT2D eigenvalue weighted by atomic mass is 35.5. The molecule has 0 aromatic heterocycles. The number of nitrogens with zero attached hydrogens (tertiary/aromatic N) is 1. The number of ether oxygens (including phenoxy) is 1. The van der Waals surface area contributed by atoms with E-state index in [9.17, 15) is 9.59 Å². The van der Waals surface area contributed by atoms with Crippen LogP contribution in [0.4, 0.5) is 0 Å². The molecule has 142 valence electrons. The summed E-state index contributed by atoms with van der Waals surface area (Å²) in [6.45, 7) is 3.14. The van der Waals surface area contributed by atoms with Crippen molar-refractivity contribution in [3.05, 3.63) is 64.7 Å². The highest BCUT2D eigenvalue weighted by molar-refractivity contribution is 7.98. The van der Waals surface area contributed by atoms with Crippen molar-refractivity contribution in [2.75, 3.05) is 13.1 Å². The van der Waals surface area contributed by atoms with Gasteiger partial charge in [0, 0.05) is 28.8 Å². The van der Waals surface area contributed by atoms with Crippen molar-refractivity contribution in [3.8, 4) is 0 Å². The second-order valence-corrected chi connectivity index (χ2v) is 8.00. The molecule has 1 amide bonds. The van der Waals surface area contributed by atoms with Gasteiger partial charge in [0.25, 0.3) is 5.91 Å². The first-order valence-corrected chi connectivity index (χ1v) is 10.4. The number of halogens is 1. The molecule has 2 aromatic carbocycles. The molecule has 0 radical (unpaired) electrons. The van der Waals surface area contributed by atoms with Gasteiger partial charge in [0.2, 0.25) is 0 Å². The maximum Gasteiger partial charge on any atom is 0.338 e. The summed E-state index contributed by atoms with van der Waals surface area (Å²) in [7, 11) is 0. The Morgan fingerprint density at radius 3 is 2.33 bits per heavy atom. The molecule has 0 bridgehead atoms. The molecular formula is C21H22ClNO3S. The Kier molecular flexibility index (Phi) is 6.80. The van der Waals surface area contributed by atoms with Crippen LogP contribution in [0, 0.1) is 0 Å². The largest absolute Gasteiger partial charge is 0.449 e. The number of esters is 1. The minimum Gasteiger partial charge on any atom is -0.449 e. The van der Waals surface area contributed by atoms with Crippen LogP contribution >= 0.6 is 23.4 Å². The Labute approximate surface area is 168 Å². The van der Waals surface area contributed by atoms with Gasteiger partial charge in [0.05, 0.1) is 5.56 Å². The Bertz CT molecular complexity index is 786. The van der Waals surface area contributed by atoms with Crippen molar-refractivity contribution in [1.29, 1.82) is 0 Å². The van der Waals surface area contributed by atoms with Crippen molar-refractivity contribution >= 4 is 35.2 Å². The standard InChI is InChI=1S/C21H22ClNO3S/c1-15(20(24)23-12-2-3-13-23)26-21(25)17-6-4-16(5-7-17)14-27-19-10-8-18(22)9-11-19/h4-11,15H,2-3,12-14H2,1H3. The smallest absolute Gasteiger partial charge is 0.338 e. The lowest BCUT2D eigenvalue weighted by Gasteiger charge is -2.20. The number of carbonyl (C=O) groups is 2. The zero-order valence-corrected chi connectivity index (χ0v) is 16.8. The van der Waals surface area contributed by atoms with Crippen LogP contribution in [0.5, 0.6) is 0 Å². The minimum absolute atomic E-state index is 0.114. The molecule has 4 nitrogen and oxygen atoms in total. The van der Waals surface area contributed by atoms with E-state index in [1.807, 2.05) is 36.4 Å². The highest BCUT2D eigenvalue weighted by Gasteiger charge is 2.26. The molecule has 0 spiro atoms. The summed E-state index contributed by atoms with van der Waals surface area (Å²) in [4.78, 5) is 27.4. The number of hydrogen-bond acceptors (Lipinski definition) is 4. The summed E-state index contributed by atoms with van der Waals surface area (Å²) in [5.41, 5.74) is 1.56. The minimum atomic E-state index is -0.754. The van der Waals surface area contributed by atoms with E-state index in [0.29, 0.717) is 5.56 Å². The zero-order chi connectivity index (χ0) is 19.2. The summed E-state index contributed by atoms with van der Waals surface area (Å²) in [6.07, 6.45) is 1.28. The molecular weight excluding hydrogens is 382 g/mol. The first-order chi connectivity index (χ1) is 13.0. The van der Waals surface area contributed by atoms with Crippen molar-refractivity contribution in [1.82, 2.24) is 4.90 Å². The monoisotopic (exact) mass is 403 g/mol. The van der Waals surface area contributed by atoms with E-state index in [4.69, 9.17) is 16.3 Å². The van der Waals surface area contributed by atoms with Crippen LogP contribution in [0.15, 0.2) is 53.4 Å². The second kappa shape index (κ2) is 9.29. The molecule has 0 aliphatic carbocycles. The number of benzene rings is 2. The van der Waals surface area contributed by atoms with Gasteiger partial charge in [-0.15, -0.1) is 11.8 Å². The maximum atomic E-state index is 12.3. The van der Waals surface area contributed by atoms with Crippen LogP contribution < -0.4 is 0 Å². The molecule has 27 heavy (non-hydrogen) atoms. The summed E-state index contributed by atoms with van der Waals surface area (Å²) in [6, 6.07) is 15.0. The Morgan fingerprint density at radius 1 is 1.07 bits per heavy atom. The van der Waals surface area contributed by atoms with Gasteiger partial charge < -0.3 is 9.64 Å². The Morgan fingerprint density at radius 2 is 1.70 bits per heavy atom. The molecule has 1 heterocycles. The highest BCUT2D eigenvalue weighted by Crippen LogP contribution is 2.24. The van der Waals surface area contributed by atoms with Crippen molar-refractivity contribution in [2.24, 2.45) is 0 Å². The van der Waals surface area contributed by atoms with Crippen LogP contribution in [-0.4, -0.2) is 36.0 Å². The van der Waals surface area contributed by atoms with Crippen LogP contribution in [0.25, 0.3) is 0 Å². The van der Waals surface area contributed by atoms with E-state index in [1.54, 1.807) is 35.7 Å². The zero-order valence-electron chi connectivity index (χ0n) is 15.2. The maximum absolute atomic E-state index is 12.3. The van der Waals surface area contributed by atoms with Gasteiger partial charge in [-0.05, 0) is 61.7 Å². The fourth-order valence-corrected chi connectivity index (χ4v) is 3.89. The first-order valence-electron chi connectivity index (χ1n) is 9.00. The van der Waals surface area contributed by atoms with Gasteiger partial charge in [-0.1, -0.05) is 23.7 Å². The van der Waals surface area contributed by atoms with Gasteiger partial charge in [-0.2, -0.15) is 0 Å². The van der Waals surface area contributed by atoms with Crippen molar-refractivity contribution in [3.63, 3.8) is 0 Å². The normalized spacial score (nSPS) is 14.8. The molecule has 1 fully saturated rings. The van der Waals surface area contributed by atoms with Crippen LogP contribution in [0.1, 0.15) is 35.7 Å². The topological polar surface area (TPSA) is 46.6 Å². The summed E-state index contributed by atoms with van der Waals surface area (Å²) >= 11 is 7.59. The number of likely N-dealkylation sites (tertiary alicyclic amines) is 1. The van der Waals surface area contributed by atoms with Crippen molar-refractivity contribution in [2.45, 2.75) is 36.5 Å². The molecule has 0 saturated carbocycles. The number of rotatable bonds is 6. The van der Waals surface area contributed by atoms with Gasteiger partial charge in [0.15, 0.2) is 6.10 Å². The van der Waals surface area contributed by atoms with E-state index < -0.39 is 12.1 Å². The quantitative estimate of drug-likeness (QED) is 0.513. The molecule has 1 aliphatic heterocycles. The third-order valence-corrected chi connectivity index (χ3v) is 5.79. The van der Waals surface area contributed by atoms with E-state index >= 15 is 0 Å². The summed E-state index contributed by atoms with van der Waals surface area (Å²) < 4.78 is 5.34. The molecule has 1 atom stereocenters. The van der Waals surface area contributed by atoms with Gasteiger partial charge in [-0.3, -0.25) is 4.79 Å². The van der Waals surface area contributed by atoms with Crippen LogP contribution in [0.2, 0.25) is 5.02 Å². The van der Waals surface area contributed by atoms with E-state index in [2.05, 4.69) is 0 Å². The molecule has 0 N–H and O–H groups in total. The van der Waals surface area contributed by atoms with Gasteiger partial charge >= 0.3 is 5.97 Å². The molecule has 1 saturated heterocycles. The average molecular weight is 404 g/mol. The second-order valence-electron chi connectivity index (χ2n) is 6.52. The Balaban J connectivity index is 1.52. The Hall–Kier alpha value is -1.98. The van der Waals surface area contributed by atoms with Crippen LogP contribution in [-0.2, 0) is 15.3 Å². The molecule has 6 heteroatoms. The first kappa shape index (κ1) is 19.8. The SMILES string of the molecule is CC(OC(=O)c1ccc(CSc2ccc(Cl)cc2)cc1)C(=O)N1CCCC1. The summed E-state index contributed by atoms with van der Waals surface area (Å²) in [5, 5.41) is 0.722. The summed E-state index contributed by atoms with van der Waals surface area (Å²) in [5.74, 6) is 0.213. The van der Waals surface area contributed by atoms with Crippen molar-refractivity contribution < 1.29 is 14.3 Å². The number of carbonyl (C=O) groups excluding carboxylic acids is 2. The predicted octanol–water partition coefficient (Wildman–Crippen LogP) is 4.80. The fourth-order valence-electron chi connectivity index (χ4n) is 2.91. The van der Waals surface area contributed by atoms with E-state index in [-0.39, 0.29) is 5.91 Å². The van der Waals surface area contributed by atoms with E-state index in [0.717, 1.165) is 47.2 Å². The lowest BCUT2D eigenvalue weighted by molar-refractivity contribution is -0.138. The molecule has 1 aliphatic rings. The third-order valence-electron chi connectivity index (χ3n) is 4.46. The lowest BCUT2D eigenvalue weighted by atomic mass is 10.1. The third kappa shape index (κ3) is 5.50. The van der Waals surface area contributed by atoms with E-state index in [1.165, 1.54) is 0 Å². The molecule has 1 unspecified atom stereocenters. The number of amides is 1.